The molecule has 0 unspecified atom stereocenters. The summed E-state index contributed by atoms with van der Waals surface area (Å²) in [6.07, 6.45) is 4.28. The van der Waals surface area contributed by atoms with Crippen molar-refractivity contribution in [1.29, 1.82) is 0 Å². The van der Waals surface area contributed by atoms with E-state index >= 15 is 0 Å². The Labute approximate surface area is 124 Å². The highest BCUT2D eigenvalue weighted by molar-refractivity contribution is 5.59. The van der Waals surface area contributed by atoms with E-state index in [1.165, 1.54) is 6.07 Å². The molecular formula is C16H21N3O2. The molecule has 0 saturated heterocycles. The summed E-state index contributed by atoms with van der Waals surface area (Å²) in [7, 11) is 0. The molecule has 0 aromatic carbocycles. The van der Waals surface area contributed by atoms with Crippen molar-refractivity contribution in [1.82, 2.24) is 15.0 Å². The zero-order chi connectivity index (χ0) is 15.5. The molecule has 0 fully saturated rings. The Morgan fingerprint density at radius 2 is 2.00 bits per heavy atom. The van der Waals surface area contributed by atoms with Crippen LogP contribution in [0.4, 0.5) is 0 Å². The lowest BCUT2D eigenvalue weighted by Gasteiger charge is -2.17. The molecule has 0 aliphatic heterocycles. The van der Waals surface area contributed by atoms with Gasteiger partial charge in [0.05, 0.1) is 18.5 Å². The third kappa shape index (κ3) is 3.90. The molecule has 21 heavy (non-hydrogen) atoms. The fourth-order valence-corrected chi connectivity index (χ4v) is 1.82. The van der Waals surface area contributed by atoms with Crippen LogP contribution in [-0.4, -0.2) is 21.6 Å². The molecule has 0 aliphatic rings. The summed E-state index contributed by atoms with van der Waals surface area (Å²) in [6.45, 7) is 8.71. The molecule has 0 radical (unpaired) electrons. The zero-order valence-corrected chi connectivity index (χ0v) is 12.9. The van der Waals surface area contributed by atoms with Gasteiger partial charge in [0.15, 0.2) is 0 Å². The van der Waals surface area contributed by atoms with Crippen molar-refractivity contribution in [2.75, 3.05) is 6.61 Å². The number of hydrogen-bond donors (Lipinski definition) is 1. The maximum absolute atomic E-state index is 11.8. The number of aromatic amines is 1. The SMILES string of the molecule is CCCOc1cncc(-c2cc(=O)[nH]c(C(C)(C)C)n2)c1. The normalized spacial score (nSPS) is 11.4. The molecule has 2 aromatic heterocycles. The molecule has 2 heterocycles. The van der Waals surface area contributed by atoms with Gasteiger partial charge < -0.3 is 9.72 Å². The van der Waals surface area contributed by atoms with Gasteiger partial charge in [-0.25, -0.2) is 4.98 Å². The molecule has 5 heteroatoms. The first-order valence-electron chi connectivity index (χ1n) is 7.10. The highest BCUT2D eigenvalue weighted by Gasteiger charge is 2.18. The predicted molar refractivity (Wildman–Crippen MR) is 82.6 cm³/mol. The Hall–Kier alpha value is -2.17. The second-order valence-electron chi connectivity index (χ2n) is 5.99. The third-order valence-corrected chi connectivity index (χ3v) is 2.93. The second-order valence-corrected chi connectivity index (χ2v) is 5.99. The summed E-state index contributed by atoms with van der Waals surface area (Å²) in [5.41, 5.74) is 1.00. The van der Waals surface area contributed by atoms with Crippen molar-refractivity contribution in [3.63, 3.8) is 0 Å². The fraction of sp³-hybridized carbons (Fsp3) is 0.438. The smallest absolute Gasteiger partial charge is 0.251 e. The van der Waals surface area contributed by atoms with Crippen molar-refractivity contribution >= 4 is 0 Å². The third-order valence-electron chi connectivity index (χ3n) is 2.93. The summed E-state index contributed by atoms with van der Waals surface area (Å²) in [4.78, 5) is 23.3. The molecule has 0 aliphatic carbocycles. The van der Waals surface area contributed by atoms with Crippen molar-refractivity contribution < 1.29 is 4.74 Å². The number of hydrogen-bond acceptors (Lipinski definition) is 4. The van der Waals surface area contributed by atoms with E-state index in [4.69, 9.17) is 4.74 Å². The summed E-state index contributed by atoms with van der Waals surface area (Å²) in [5.74, 6) is 1.35. The molecule has 0 saturated carbocycles. The van der Waals surface area contributed by atoms with Crippen molar-refractivity contribution in [3.8, 4) is 17.0 Å². The largest absolute Gasteiger partial charge is 0.492 e. The molecule has 2 aromatic rings. The van der Waals surface area contributed by atoms with E-state index in [0.717, 1.165) is 12.0 Å². The van der Waals surface area contributed by atoms with Crippen LogP contribution in [0.3, 0.4) is 0 Å². The lowest BCUT2D eigenvalue weighted by Crippen LogP contribution is -2.21. The highest BCUT2D eigenvalue weighted by atomic mass is 16.5. The molecule has 112 valence electrons. The topological polar surface area (TPSA) is 67.9 Å². The van der Waals surface area contributed by atoms with Crippen LogP contribution in [0.1, 0.15) is 39.9 Å². The van der Waals surface area contributed by atoms with E-state index in [0.29, 0.717) is 23.9 Å². The first-order chi connectivity index (χ1) is 9.90. The van der Waals surface area contributed by atoms with E-state index in [9.17, 15) is 4.79 Å². The van der Waals surface area contributed by atoms with Gasteiger partial charge in [0.1, 0.15) is 11.6 Å². The Bertz CT molecular complexity index is 672. The number of rotatable bonds is 4. The predicted octanol–water partition coefficient (Wildman–Crippen LogP) is 2.92. The number of aromatic nitrogens is 3. The number of nitrogens with zero attached hydrogens (tertiary/aromatic N) is 2. The number of ether oxygens (including phenoxy) is 1. The molecular weight excluding hydrogens is 266 g/mol. The minimum atomic E-state index is -0.223. The molecule has 2 rings (SSSR count). The lowest BCUT2D eigenvalue weighted by molar-refractivity contribution is 0.316. The summed E-state index contributed by atoms with van der Waals surface area (Å²) in [6, 6.07) is 3.34. The van der Waals surface area contributed by atoms with E-state index in [2.05, 4.69) is 15.0 Å². The van der Waals surface area contributed by atoms with Gasteiger partial charge in [-0.1, -0.05) is 27.7 Å². The Kier molecular flexibility index (Phi) is 4.40. The van der Waals surface area contributed by atoms with Gasteiger partial charge in [0.2, 0.25) is 0 Å². The monoisotopic (exact) mass is 287 g/mol. The van der Waals surface area contributed by atoms with Gasteiger partial charge in [0, 0.05) is 23.2 Å². The van der Waals surface area contributed by atoms with Crippen LogP contribution in [0.15, 0.2) is 29.3 Å². The minimum Gasteiger partial charge on any atom is -0.492 e. The van der Waals surface area contributed by atoms with Gasteiger partial charge >= 0.3 is 0 Å². The number of nitrogens with one attached hydrogen (secondary N) is 1. The maximum atomic E-state index is 11.8. The molecule has 1 N–H and O–H groups in total. The Balaban J connectivity index is 2.42. The average Bonchev–Trinajstić information content (AvgIpc) is 2.44. The lowest BCUT2D eigenvalue weighted by atomic mass is 9.95. The Morgan fingerprint density at radius 3 is 2.67 bits per heavy atom. The minimum absolute atomic E-state index is 0.162. The summed E-state index contributed by atoms with van der Waals surface area (Å²) < 4.78 is 5.57. The van der Waals surface area contributed by atoms with Crippen LogP contribution in [0.5, 0.6) is 5.75 Å². The quantitative estimate of drug-likeness (QED) is 0.938. The van der Waals surface area contributed by atoms with Gasteiger partial charge in [-0.2, -0.15) is 0 Å². The first-order valence-corrected chi connectivity index (χ1v) is 7.10. The highest BCUT2D eigenvalue weighted by Crippen LogP contribution is 2.23. The standard InChI is InChI=1S/C16H21N3O2/c1-5-6-21-12-7-11(9-17-10-12)13-8-14(20)19-15(18-13)16(2,3)4/h7-10H,5-6H2,1-4H3,(H,18,19,20). The Morgan fingerprint density at radius 1 is 1.24 bits per heavy atom. The number of H-pyrrole nitrogens is 1. The summed E-state index contributed by atoms with van der Waals surface area (Å²) >= 11 is 0. The first kappa shape index (κ1) is 15.2. The van der Waals surface area contributed by atoms with Crippen molar-refractivity contribution in [3.05, 3.63) is 40.7 Å². The average molecular weight is 287 g/mol. The maximum Gasteiger partial charge on any atom is 0.251 e. The van der Waals surface area contributed by atoms with Crippen molar-refractivity contribution in [2.24, 2.45) is 0 Å². The number of pyridine rings is 1. The van der Waals surface area contributed by atoms with Gasteiger partial charge in [0.25, 0.3) is 5.56 Å². The van der Waals surface area contributed by atoms with Crippen LogP contribution in [0, 0.1) is 0 Å². The molecule has 5 nitrogen and oxygen atoms in total. The molecule has 0 atom stereocenters. The fourth-order valence-electron chi connectivity index (χ4n) is 1.82. The van der Waals surface area contributed by atoms with Gasteiger partial charge in [-0.3, -0.25) is 9.78 Å². The molecule has 0 amide bonds. The van der Waals surface area contributed by atoms with Crippen LogP contribution in [0.2, 0.25) is 0 Å². The summed E-state index contributed by atoms with van der Waals surface area (Å²) in [5, 5.41) is 0. The second kappa shape index (κ2) is 6.08. The van der Waals surface area contributed by atoms with E-state index in [1.54, 1.807) is 12.4 Å². The van der Waals surface area contributed by atoms with E-state index < -0.39 is 0 Å². The molecule has 0 bridgehead atoms. The van der Waals surface area contributed by atoms with E-state index in [1.807, 2.05) is 33.8 Å². The van der Waals surface area contributed by atoms with Crippen LogP contribution < -0.4 is 10.3 Å². The van der Waals surface area contributed by atoms with E-state index in [-0.39, 0.29) is 11.0 Å². The van der Waals surface area contributed by atoms with Gasteiger partial charge in [-0.15, -0.1) is 0 Å². The van der Waals surface area contributed by atoms with Crippen molar-refractivity contribution in [2.45, 2.75) is 39.5 Å². The van der Waals surface area contributed by atoms with Crippen LogP contribution in [0.25, 0.3) is 11.3 Å². The van der Waals surface area contributed by atoms with Gasteiger partial charge in [-0.05, 0) is 12.5 Å². The van der Waals surface area contributed by atoms with Crippen LogP contribution >= 0.6 is 0 Å². The molecule has 0 spiro atoms. The van der Waals surface area contributed by atoms with Crippen LogP contribution in [-0.2, 0) is 5.41 Å². The zero-order valence-electron chi connectivity index (χ0n) is 12.9.